The summed E-state index contributed by atoms with van der Waals surface area (Å²) in [7, 11) is 0. The second kappa shape index (κ2) is 10.3. The normalized spacial score (nSPS) is 8.19. The third-order valence-electron chi connectivity index (χ3n) is 1.82. The molecule has 0 saturated heterocycles. The van der Waals surface area contributed by atoms with E-state index in [1.165, 1.54) is 19.1 Å². The second-order valence-electron chi connectivity index (χ2n) is 2.72. The lowest BCUT2D eigenvalue weighted by atomic mass is 10.1. The highest BCUT2D eigenvalue weighted by Crippen LogP contribution is 2.11. The third kappa shape index (κ3) is 5.64. The first kappa shape index (κ1) is 17.2. The zero-order chi connectivity index (χ0) is 13.1. The van der Waals surface area contributed by atoms with E-state index in [0.717, 1.165) is 12.0 Å². The van der Waals surface area contributed by atoms with E-state index >= 15 is 0 Å². The highest BCUT2D eigenvalue weighted by atomic mass is 19.1. The van der Waals surface area contributed by atoms with Crippen molar-refractivity contribution in [1.29, 1.82) is 0 Å². The van der Waals surface area contributed by atoms with Crippen LogP contribution >= 0.6 is 0 Å². The minimum Gasteiger partial charge on any atom is -0.294 e. The number of aryl methyl sites for hydroxylation is 1. The molecule has 0 aromatic heterocycles. The Labute approximate surface area is 98.7 Å². The Balaban J connectivity index is 0. The van der Waals surface area contributed by atoms with Crippen LogP contribution in [0.3, 0.4) is 0 Å². The zero-order valence-electron chi connectivity index (χ0n) is 11.2. The highest BCUT2D eigenvalue weighted by Gasteiger charge is 2.06. The number of carbonyl (C=O) groups excluding carboxylic acids is 1. The molecule has 2 heteroatoms. The van der Waals surface area contributed by atoms with E-state index in [2.05, 4.69) is 0 Å². The van der Waals surface area contributed by atoms with E-state index < -0.39 is 5.82 Å². The molecule has 1 aromatic carbocycles. The van der Waals surface area contributed by atoms with Gasteiger partial charge in [0.1, 0.15) is 5.82 Å². The molecule has 0 saturated carbocycles. The lowest BCUT2D eigenvalue weighted by Gasteiger charge is -2.00. The first-order valence-corrected chi connectivity index (χ1v) is 5.94. The van der Waals surface area contributed by atoms with E-state index in [1.807, 2.05) is 34.6 Å². The van der Waals surface area contributed by atoms with Gasteiger partial charge < -0.3 is 0 Å². The molecule has 1 aromatic rings. The fourth-order valence-corrected chi connectivity index (χ4v) is 1.06. The lowest BCUT2D eigenvalue weighted by molar-refractivity contribution is 0.101. The van der Waals surface area contributed by atoms with Crippen LogP contribution in [0, 0.1) is 5.82 Å². The van der Waals surface area contributed by atoms with Gasteiger partial charge in [-0.1, -0.05) is 40.7 Å². The third-order valence-corrected chi connectivity index (χ3v) is 1.82. The van der Waals surface area contributed by atoms with Crippen LogP contribution in [0.1, 0.15) is 57.5 Å². The van der Waals surface area contributed by atoms with Gasteiger partial charge in [-0.05, 0) is 31.0 Å². The van der Waals surface area contributed by atoms with Gasteiger partial charge in [0, 0.05) is 0 Å². The van der Waals surface area contributed by atoms with Gasteiger partial charge in [0.15, 0.2) is 5.78 Å². The number of benzene rings is 1. The molecular formula is C14H23FO. The van der Waals surface area contributed by atoms with Crippen molar-refractivity contribution >= 4 is 5.78 Å². The van der Waals surface area contributed by atoms with Gasteiger partial charge in [0.2, 0.25) is 0 Å². The lowest BCUT2D eigenvalue weighted by Crippen LogP contribution is -1.97. The molecule has 0 amide bonds. The Hall–Kier alpha value is -1.18. The molecule has 1 rings (SSSR count). The SMILES string of the molecule is CC.CC.CCc1ccc(C(C)=O)c(F)c1. The Kier molecular flexibility index (Phi) is 11.1. The number of carbonyl (C=O) groups is 1. The average molecular weight is 226 g/mol. The molecule has 1 nitrogen and oxygen atoms in total. The summed E-state index contributed by atoms with van der Waals surface area (Å²) in [5.74, 6) is -0.642. The van der Waals surface area contributed by atoms with Gasteiger partial charge >= 0.3 is 0 Å². The van der Waals surface area contributed by atoms with Crippen molar-refractivity contribution in [2.45, 2.75) is 48.0 Å². The maximum Gasteiger partial charge on any atom is 0.162 e. The summed E-state index contributed by atoms with van der Waals surface area (Å²) in [6, 6.07) is 4.73. The van der Waals surface area contributed by atoms with Gasteiger partial charge in [0.05, 0.1) is 5.56 Å². The van der Waals surface area contributed by atoms with E-state index in [9.17, 15) is 9.18 Å². The van der Waals surface area contributed by atoms with Crippen LogP contribution < -0.4 is 0 Å². The van der Waals surface area contributed by atoms with Crippen LogP contribution in [-0.2, 0) is 6.42 Å². The van der Waals surface area contributed by atoms with Gasteiger partial charge in [-0.25, -0.2) is 4.39 Å². The molecule has 0 fully saturated rings. The summed E-state index contributed by atoms with van der Waals surface area (Å²) in [5.41, 5.74) is 1.09. The smallest absolute Gasteiger partial charge is 0.162 e. The molecule has 0 atom stereocenters. The number of Topliss-reactive ketones (excluding diaryl/α,β-unsaturated/α-hetero) is 1. The number of ketones is 1. The quantitative estimate of drug-likeness (QED) is 0.671. The summed E-state index contributed by atoms with van der Waals surface area (Å²) in [6.07, 6.45) is 0.787. The van der Waals surface area contributed by atoms with Crippen molar-refractivity contribution in [3.8, 4) is 0 Å². The molecule has 16 heavy (non-hydrogen) atoms. The number of rotatable bonds is 2. The van der Waals surface area contributed by atoms with E-state index in [0.29, 0.717) is 0 Å². The molecule has 0 aliphatic carbocycles. The molecule has 0 bridgehead atoms. The first-order valence-electron chi connectivity index (χ1n) is 5.94. The van der Waals surface area contributed by atoms with E-state index in [4.69, 9.17) is 0 Å². The van der Waals surface area contributed by atoms with Crippen molar-refractivity contribution in [3.05, 3.63) is 35.1 Å². The van der Waals surface area contributed by atoms with Crippen LogP contribution in [0.5, 0.6) is 0 Å². The molecule has 0 spiro atoms. The molecule has 0 heterocycles. The molecular weight excluding hydrogens is 203 g/mol. The minimum absolute atomic E-state index is 0.173. The maximum absolute atomic E-state index is 13.1. The predicted octanol–water partition coefficient (Wildman–Crippen LogP) is 4.64. The van der Waals surface area contributed by atoms with Crippen LogP contribution in [0.4, 0.5) is 4.39 Å². The van der Waals surface area contributed by atoms with E-state index in [1.54, 1.807) is 6.07 Å². The van der Waals surface area contributed by atoms with Gasteiger partial charge in [-0.2, -0.15) is 0 Å². The monoisotopic (exact) mass is 226 g/mol. The predicted molar refractivity (Wildman–Crippen MR) is 68.5 cm³/mol. The zero-order valence-corrected chi connectivity index (χ0v) is 11.2. The summed E-state index contributed by atoms with van der Waals surface area (Å²) in [5, 5.41) is 0. The Bertz CT molecular complexity index is 306. The standard InChI is InChI=1S/C10H11FO.2C2H6/c1-3-8-4-5-9(7(2)12)10(11)6-8;2*1-2/h4-6H,3H2,1-2H3;2*1-2H3. The van der Waals surface area contributed by atoms with Crippen molar-refractivity contribution in [1.82, 2.24) is 0 Å². The Morgan fingerprint density at radius 2 is 1.69 bits per heavy atom. The fourth-order valence-electron chi connectivity index (χ4n) is 1.06. The molecule has 0 radical (unpaired) electrons. The number of hydrogen-bond acceptors (Lipinski definition) is 1. The summed E-state index contributed by atoms with van der Waals surface area (Å²) in [6.45, 7) is 11.3. The second-order valence-corrected chi connectivity index (χ2v) is 2.72. The molecule has 0 aliphatic heterocycles. The van der Waals surface area contributed by atoms with Crippen LogP contribution in [0.2, 0.25) is 0 Å². The summed E-state index contributed by atoms with van der Waals surface area (Å²) >= 11 is 0. The molecule has 0 N–H and O–H groups in total. The minimum atomic E-state index is -0.415. The molecule has 0 aliphatic rings. The highest BCUT2D eigenvalue weighted by molar-refractivity contribution is 5.94. The van der Waals surface area contributed by atoms with Gasteiger partial charge in [0.25, 0.3) is 0 Å². The van der Waals surface area contributed by atoms with Crippen molar-refractivity contribution in [3.63, 3.8) is 0 Å². The largest absolute Gasteiger partial charge is 0.294 e. The van der Waals surface area contributed by atoms with E-state index in [-0.39, 0.29) is 11.3 Å². The average Bonchev–Trinajstić information content (AvgIpc) is 2.33. The maximum atomic E-state index is 13.1. The number of halogens is 1. The Morgan fingerprint density at radius 3 is 2.00 bits per heavy atom. The van der Waals surface area contributed by atoms with Gasteiger partial charge in [-0.15, -0.1) is 0 Å². The Morgan fingerprint density at radius 1 is 1.19 bits per heavy atom. The van der Waals surface area contributed by atoms with Gasteiger partial charge in [-0.3, -0.25) is 4.79 Å². The number of hydrogen-bond donors (Lipinski definition) is 0. The van der Waals surface area contributed by atoms with Crippen molar-refractivity contribution < 1.29 is 9.18 Å². The van der Waals surface area contributed by atoms with Crippen LogP contribution in [-0.4, -0.2) is 5.78 Å². The molecule has 92 valence electrons. The van der Waals surface area contributed by atoms with Crippen molar-refractivity contribution in [2.75, 3.05) is 0 Å². The topological polar surface area (TPSA) is 17.1 Å². The molecule has 0 unspecified atom stereocenters. The summed E-state index contributed by atoms with van der Waals surface area (Å²) < 4.78 is 13.1. The van der Waals surface area contributed by atoms with Crippen molar-refractivity contribution in [2.24, 2.45) is 0 Å². The summed E-state index contributed by atoms with van der Waals surface area (Å²) in [4.78, 5) is 10.8. The van der Waals surface area contributed by atoms with Crippen LogP contribution in [0.25, 0.3) is 0 Å². The van der Waals surface area contributed by atoms with Crippen LogP contribution in [0.15, 0.2) is 18.2 Å². The first-order chi connectivity index (χ1) is 7.65. The fraction of sp³-hybridized carbons (Fsp3) is 0.500.